The Balaban J connectivity index is 1.17. The van der Waals surface area contributed by atoms with Crippen molar-refractivity contribution in [1.82, 2.24) is 4.90 Å². The first kappa shape index (κ1) is 33.9. The maximum atomic E-state index is 14.8. The number of benzene rings is 3. The van der Waals surface area contributed by atoms with Crippen LogP contribution in [0.4, 0.5) is 17.1 Å². The van der Waals surface area contributed by atoms with Crippen LogP contribution in [0, 0.1) is 5.92 Å². The van der Waals surface area contributed by atoms with Gasteiger partial charge in [0.2, 0.25) is 17.7 Å². The van der Waals surface area contributed by atoms with Gasteiger partial charge in [-0.1, -0.05) is 49.4 Å². The van der Waals surface area contributed by atoms with Crippen LogP contribution in [0.5, 0.6) is 0 Å². The van der Waals surface area contributed by atoms with Gasteiger partial charge in [0, 0.05) is 61.9 Å². The largest absolute Gasteiger partial charge is 0.395 e. The molecule has 0 aromatic heterocycles. The number of hydrogen-bond donors (Lipinski definition) is 1. The van der Waals surface area contributed by atoms with Crippen molar-refractivity contribution < 1.29 is 29.0 Å². The van der Waals surface area contributed by atoms with Crippen molar-refractivity contribution in [2.45, 2.75) is 83.1 Å². The average Bonchev–Trinajstić information content (AvgIpc) is 3.57. The van der Waals surface area contributed by atoms with Gasteiger partial charge in [0.1, 0.15) is 0 Å². The fraction of sp³-hybridized carbons (Fsp3) is 0.450. The Morgan fingerprint density at radius 3 is 2.18 bits per heavy atom. The van der Waals surface area contributed by atoms with Gasteiger partial charge < -0.3 is 29.4 Å². The first-order valence-corrected chi connectivity index (χ1v) is 18.0. The second kappa shape index (κ2) is 14.4. The molecule has 0 saturated carbocycles. The van der Waals surface area contributed by atoms with Crippen molar-refractivity contribution in [2.75, 3.05) is 40.9 Å². The fourth-order valence-electron chi connectivity index (χ4n) is 8.17. The second-order valence-corrected chi connectivity index (χ2v) is 14.1. The molecule has 3 saturated heterocycles. The van der Waals surface area contributed by atoms with Crippen LogP contribution in [0.3, 0.4) is 0 Å². The molecule has 0 unspecified atom stereocenters. The summed E-state index contributed by atoms with van der Waals surface area (Å²) in [4.78, 5) is 61.0. The minimum atomic E-state index is -1.31. The zero-order valence-corrected chi connectivity index (χ0v) is 28.8. The van der Waals surface area contributed by atoms with E-state index in [1.54, 1.807) is 9.80 Å². The van der Waals surface area contributed by atoms with Crippen molar-refractivity contribution in [3.8, 4) is 0 Å². The fourth-order valence-corrected chi connectivity index (χ4v) is 8.17. The molecule has 3 aromatic rings. The summed E-state index contributed by atoms with van der Waals surface area (Å²) >= 11 is 0. The van der Waals surface area contributed by atoms with Crippen LogP contribution in [0.2, 0.25) is 0 Å². The average molecular weight is 679 g/mol. The van der Waals surface area contributed by atoms with Crippen LogP contribution in [0.1, 0.15) is 75.0 Å². The van der Waals surface area contributed by atoms with Crippen LogP contribution >= 0.6 is 0 Å². The lowest BCUT2D eigenvalue weighted by Crippen LogP contribution is -2.44. The molecule has 4 amide bonds. The van der Waals surface area contributed by atoms with E-state index in [0.717, 1.165) is 59.4 Å². The molecule has 3 atom stereocenters. The molecule has 4 heterocycles. The van der Waals surface area contributed by atoms with Gasteiger partial charge in [-0.05, 0) is 73.6 Å². The summed E-state index contributed by atoms with van der Waals surface area (Å²) in [7, 11) is 0. The Kier molecular flexibility index (Phi) is 9.75. The van der Waals surface area contributed by atoms with E-state index >= 15 is 0 Å². The molecule has 3 aromatic carbocycles. The van der Waals surface area contributed by atoms with E-state index in [9.17, 15) is 24.3 Å². The summed E-state index contributed by atoms with van der Waals surface area (Å²) in [6.07, 6.45) is 4.84. The lowest BCUT2D eigenvalue weighted by Gasteiger charge is -2.30. The molecule has 3 fully saturated rings. The maximum absolute atomic E-state index is 14.8. The number of fused-ring (bicyclic) bond motifs is 2. The van der Waals surface area contributed by atoms with E-state index in [-0.39, 0.29) is 49.1 Å². The minimum absolute atomic E-state index is 0.0740. The molecular weight excluding hydrogens is 632 g/mol. The van der Waals surface area contributed by atoms with E-state index < -0.39 is 11.7 Å². The lowest BCUT2D eigenvalue weighted by molar-refractivity contribution is -0.150. The first-order chi connectivity index (χ1) is 24.3. The molecule has 10 nitrogen and oxygen atoms in total. The highest BCUT2D eigenvalue weighted by Gasteiger charge is 2.60. The smallest absolute Gasteiger partial charge is 0.264 e. The zero-order valence-electron chi connectivity index (χ0n) is 28.8. The van der Waals surface area contributed by atoms with Crippen molar-refractivity contribution in [1.29, 1.82) is 0 Å². The number of amides is 4. The summed E-state index contributed by atoms with van der Waals surface area (Å²) in [5, 5.41) is 9.75. The number of aliphatic hydroxyl groups excluding tert-OH is 1. The topological polar surface area (TPSA) is 111 Å². The number of aliphatic hydroxyl groups is 1. The van der Waals surface area contributed by atoms with E-state index in [0.29, 0.717) is 45.4 Å². The summed E-state index contributed by atoms with van der Waals surface area (Å²) < 4.78 is 6.81. The quantitative estimate of drug-likeness (QED) is 0.312. The Morgan fingerprint density at radius 1 is 0.860 bits per heavy atom. The van der Waals surface area contributed by atoms with Gasteiger partial charge in [0.25, 0.3) is 5.91 Å². The maximum Gasteiger partial charge on any atom is 0.264 e. The molecule has 0 radical (unpaired) electrons. The molecule has 1 N–H and O–H groups in total. The summed E-state index contributed by atoms with van der Waals surface area (Å²) in [6, 6.07) is 23.3. The number of carbonyl (C=O) groups is 4. The zero-order chi connectivity index (χ0) is 34.8. The van der Waals surface area contributed by atoms with Crippen molar-refractivity contribution in [3.63, 3.8) is 0 Å². The predicted molar refractivity (Wildman–Crippen MR) is 190 cm³/mol. The first-order valence-electron chi connectivity index (χ1n) is 18.0. The van der Waals surface area contributed by atoms with Crippen LogP contribution in [-0.4, -0.2) is 66.0 Å². The van der Waals surface area contributed by atoms with Crippen molar-refractivity contribution in [3.05, 3.63) is 89.5 Å². The Bertz CT molecular complexity index is 1750. The molecule has 4 aliphatic rings. The number of anilines is 3. The number of rotatable bonds is 10. The molecular formula is C40H46N4O6. The van der Waals surface area contributed by atoms with Crippen LogP contribution in [-0.2, 0) is 42.6 Å². The number of nitrogens with zero attached hydrogens (tertiary/aromatic N) is 4. The van der Waals surface area contributed by atoms with Gasteiger partial charge in [-0.3, -0.25) is 19.2 Å². The molecule has 4 aliphatic heterocycles. The third-order valence-corrected chi connectivity index (χ3v) is 10.8. The number of ether oxygens (including phenoxy) is 1. The number of piperidine rings is 2. The predicted octanol–water partition coefficient (Wildman–Crippen LogP) is 5.30. The van der Waals surface area contributed by atoms with Gasteiger partial charge in [0.15, 0.2) is 5.60 Å². The molecule has 1 spiro atoms. The standard InChI is InChI=1S/C40H46N4O6/c1-28-23-33(25-38(48)41(21-22-45)26-29-9-3-2-4-10-29)50-40(28)34-24-32(43-20-8-6-12-37(43)47)17-18-35(34)44(39(40)49)27-30-13-15-31(16-14-30)42-19-7-5-11-36(42)46/h2-4,9-10,13-18,24,28,33,45H,5-8,11-12,19-23,25-27H2,1H3/t28-,33-,40+/m0/s1. The van der Waals surface area contributed by atoms with Crippen LogP contribution < -0.4 is 14.7 Å². The minimum Gasteiger partial charge on any atom is -0.395 e. The third-order valence-electron chi connectivity index (χ3n) is 10.8. The van der Waals surface area contributed by atoms with Gasteiger partial charge in [0.05, 0.1) is 31.4 Å². The summed E-state index contributed by atoms with van der Waals surface area (Å²) in [5.74, 6) is -0.345. The van der Waals surface area contributed by atoms with Crippen molar-refractivity contribution >= 4 is 40.7 Å². The molecule has 7 rings (SSSR count). The number of hydrogen-bond acceptors (Lipinski definition) is 6. The van der Waals surface area contributed by atoms with Crippen molar-refractivity contribution in [2.24, 2.45) is 5.92 Å². The lowest BCUT2D eigenvalue weighted by atomic mass is 9.82. The van der Waals surface area contributed by atoms with Gasteiger partial charge in [-0.15, -0.1) is 0 Å². The van der Waals surface area contributed by atoms with E-state index in [1.807, 2.05) is 89.5 Å². The Hall–Kier alpha value is -4.54. The normalized spacial score (nSPS) is 23.6. The summed E-state index contributed by atoms with van der Waals surface area (Å²) in [6.45, 7) is 4.08. The van der Waals surface area contributed by atoms with Gasteiger partial charge in [-0.2, -0.15) is 0 Å². The second-order valence-electron chi connectivity index (χ2n) is 14.1. The van der Waals surface area contributed by atoms with Gasteiger partial charge >= 0.3 is 0 Å². The van der Waals surface area contributed by atoms with Crippen LogP contribution in [0.15, 0.2) is 72.8 Å². The molecule has 50 heavy (non-hydrogen) atoms. The number of carbonyl (C=O) groups excluding carboxylic acids is 4. The van der Waals surface area contributed by atoms with E-state index in [1.165, 1.54) is 0 Å². The highest BCUT2D eigenvalue weighted by atomic mass is 16.5. The molecule has 0 aliphatic carbocycles. The highest BCUT2D eigenvalue weighted by Crippen LogP contribution is 2.55. The van der Waals surface area contributed by atoms with E-state index in [4.69, 9.17) is 4.74 Å². The molecule has 0 bridgehead atoms. The monoisotopic (exact) mass is 678 g/mol. The van der Waals surface area contributed by atoms with Crippen LogP contribution in [0.25, 0.3) is 0 Å². The van der Waals surface area contributed by atoms with Gasteiger partial charge in [-0.25, -0.2) is 0 Å². The molecule has 262 valence electrons. The Labute approximate surface area is 293 Å². The van der Waals surface area contributed by atoms with E-state index in [2.05, 4.69) is 0 Å². The Morgan fingerprint density at radius 2 is 1.52 bits per heavy atom. The SMILES string of the molecule is C[C@H]1C[C@@H](CC(=O)N(CCO)Cc2ccccc2)O[C@]12C(=O)N(Cc1ccc(N3CCCCC3=O)cc1)c1ccc(N3CCCCC3=O)cc12. The summed E-state index contributed by atoms with van der Waals surface area (Å²) in [5.41, 5.74) is 3.67. The molecule has 10 heteroatoms. The third kappa shape index (κ3) is 6.42. The highest BCUT2D eigenvalue weighted by molar-refractivity contribution is 6.08.